The predicted octanol–water partition coefficient (Wildman–Crippen LogP) is 2.48. The van der Waals surface area contributed by atoms with Crippen molar-refractivity contribution >= 4 is 11.7 Å². The summed E-state index contributed by atoms with van der Waals surface area (Å²) in [6, 6.07) is 2.99. The number of ketones is 1. The molecule has 3 aliphatic rings. The Morgan fingerprint density at radius 3 is 2.71 bits per heavy atom. The third-order valence-corrected chi connectivity index (χ3v) is 7.42. The molecule has 4 rings (SSSR count). The first-order valence-electron chi connectivity index (χ1n) is 11.6. The van der Waals surface area contributed by atoms with Crippen LogP contribution < -0.4 is 5.32 Å². The van der Waals surface area contributed by atoms with Crippen molar-refractivity contribution in [1.82, 2.24) is 10.2 Å². The number of hydrogen-bond donors (Lipinski definition) is 3. The third kappa shape index (κ3) is 4.34. The van der Waals surface area contributed by atoms with Gasteiger partial charge in [0.25, 0.3) is 5.91 Å². The third-order valence-electron chi connectivity index (χ3n) is 7.42. The fourth-order valence-corrected chi connectivity index (χ4v) is 5.32. The number of ether oxygens (including phenoxy) is 2. The fraction of sp³-hybridized carbons (Fsp3) is 0.520. The molecule has 1 aliphatic carbocycles. The van der Waals surface area contributed by atoms with Gasteiger partial charge in [-0.05, 0) is 25.8 Å². The number of methoxy groups -OCH3 is 1. The van der Waals surface area contributed by atoms with Crippen LogP contribution in [0.2, 0.25) is 0 Å². The summed E-state index contributed by atoms with van der Waals surface area (Å²) in [7, 11) is 1.56. The smallest absolute Gasteiger partial charge is 0.252 e. The predicted molar refractivity (Wildman–Crippen MR) is 121 cm³/mol. The number of Topliss-reactive ketones (excluding diaryl/α,β-unsaturated/α-hetero) is 1. The van der Waals surface area contributed by atoms with E-state index in [1.165, 1.54) is 17.2 Å². The standard InChI is InChI=1S/C25H30F2N2O6/c1-24-7-3-4-8-25(24,35-10-9-34-2)14-29-13-17(20(30)21(31)19(29)22(24)32)23(33)28-12-15-5-6-16(26)11-18(15)27/h5-6,11,13,20,30-31H,3-4,7-10,12,14H2,1-2H3,(H,28,33)/t20?,24-,25-/m0/s1. The topological polar surface area (TPSA) is 108 Å². The summed E-state index contributed by atoms with van der Waals surface area (Å²) in [5.74, 6) is -3.27. The Balaban J connectivity index is 1.61. The number of aliphatic hydroxyl groups is 2. The monoisotopic (exact) mass is 492 g/mol. The fourth-order valence-electron chi connectivity index (χ4n) is 5.32. The molecule has 0 bridgehead atoms. The quantitative estimate of drug-likeness (QED) is 0.502. The summed E-state index contributed by atoms with van der Waals surface area (Å²) in [4.78, 5) is 28.0. The molecule has 3 N–H and O–H groups in total. The maximum atomic E-state index is 13.9. The first kappa shape index (κ1) is 25.3. The van der Waals surface area contributed by atoms with Crippen molar-refractivity contribution in [3.8, 4) is 0 Å². The number of nitrogens with one attached hydrogen (secondary N) is 1. The van der Waals surface area contributed by atoms with Crippen LogP contribution in [0.3, 0.4) is 0 Å². The van der Waals surface area contributed by atoms with Crippen LogP contribution in [0.5, 0.6) is 0 Å². The Kier molecular flexibility index (Phi) is 6.99. The summed E-state index contributed by atoms with van der Waals surface area (Å²) in [5.41, 5.74) is -1.96. The lowest BCUT2D eigenvalue weighted by atomic mass is 9.58. The molecular formula is C25H30F2N2O6. The maximum Gasteiger partial charge on any atom is 0.252 e. The molecule has 0 radical (unpaired) electrons. The van der Waals surface area contributed by atoms with Gasteiger partial charge in [0.05, 0.1) is 36.3 Å². The minimum Gasteiger partial charge on any atom is -0.507 e. The zero-order valence-corrected chi connectivity index (χ0v) is 19.8. The lowest BCUT2D eigenvalue weighted by molar-refractivity contribution is -0.187. The van der Waals surface area contributed by atoms with E-state index in [2.05, 4.69) is 5.32 Å². The Bertz CT molecular complexity index is 1090. The first-order chi connectivity index (χ1) is 16.6. The van der Waals surface area contributed by atoms with E-state index in [4.69, 9.17) is 9.47 Å². The SMILES string of the molecule is COCCO[C@]12CCCC[C@@]1(C)C(=O)C1=C(O)C(O)C(C(=O)NCc3ccc(F)cc3F)=CN1C2. The molecule has 1 amide bonds. The van der Waals surface area contributed by atoms with Gasteiger partial charge in [-0.3, -0.25) is 9.59 Å². The minimum atomic E-state index is -1.72. The number of piperidine rings is 1. The van der Waals surface area contributed by atoms with Gasteiger partial charge >= 0.3 is 0 Å². The molecule has 0 spiro atoms. The molecule has 0 aromatic heterocycles. The van der Waals surface area contributed by atoms with E-state index in [1.807, 2.05) is 6.92 Å². The van der Waals surface area contributed by atoms with E-state index in [0.717, 1.165) is 18.9 Å². The molecule has 8 nitrogen and oxygen atoms in total. The molecule has 1 saturated carbocycles. The summed E-state index contributed by atoms with van der Waals surface area (Å²) in [5, 5.41) is 24.0. The largest absolute Gasteiger partial charge is 0.507 e. The van der Waals surface area contributed by atoms with Gasteiger partial charge in [0.15, 0.2) is 11.5 Å². The van der Waals surface area contributed by atoms with Gasteiger partial charge in [-0.15, -0.1) is 0 Å². The molecule has 10 heteroatoms. The zero-order valence-electron chi connectivity index (χ0n) is 19.8. The average Bonchev–Trinajstić information content (AvgIpc) is 2.82. The summed E-state index contributed by atoms with van der Waals surface area (Å²) in [6.45, 7) is 2.40. The van der Waals surface area contributed by atoms with Crippen LogP contribution in [0.15, 0.2) is 41.4 Å². The number of aliphatic hydroxyl groups excluding tert-OH is 2. The van der Waals surface area contributed by atoms with Gasteiger partial charge in [-0.25, -0.2) is 8.78 Å². The van der Waals surface area contributed by atoms with Crippen LogP contribution in [-0.4, -0.2) is 65.4 Å². The maximum absolute atomic E-state index is 13.9. The van der Waals surface area contributed by atoms with Gasteiger partial charge in [-0.2, -0.15) is 0 Å². The highest BCUT2D eigenvalue weighted by Crippen LogP contribution is 2.53. The van der Waals surface area contributed by atoms with Crippen molar-refractivity contribution in [3.63, 3.8) is 0 Å². The number of carbonyl (C=O) groups is 2. The van der Waals surface area contributed by atoms with E-state index < -0.39 is 40.4 Å². The van der Waals surface area contributed by atoms with E-state index in [1.54, 1.807) is 7.11 Å². The van der Waals surface area contributed by atoms with Crippen molar-refractivity contribution in [2.24, 2.45) is 5.41 Å². The number of halogens is 2. The number of amides is 1. The van der Waals surface area contributed by atoms with Crippen LogP contribution in [0, 0.1) is 17.0 Å². The molecule has 1 unspecified atom stereocenters. The second-order valence-electron chi connectivity index (χ2n) is 9.47. The second-order valence-corrected chi connectivity index (χ2v) is 9.47. The summed E-state index contributed by atoms with van der Waals surface area (Å²) in [6.07, 6.45) is 2.49. The van der Waals surface area contributed by atoms with Crippen LogP contribution in [0.1, 0.15) is 38.2 Å². The van der Waals surface area contributed by atoms with Crippen LogP contribution >= 0.6 is 0 Å². The Labute approximate surface area is 202 Å². The first-order valence-corrected chi connectivity index (χ1v) is 11.6. The molecule has 35 heavy (non-hydrogen) atoms. The molecule has 190 valence electrons. The average molecular weight is 493 g/mol. The molecule has 1 aromatic rings. The van der Waals surface area contributed by atoms with E-state index in [0.29, 0.717) is 25.5 Å². The van der Waals surface area contributed by atoms with Gasteiger partial charge in [0.1, 0.15) is 23.4 Å². The number of hydrogen-bond acceptors (Lipinski definition) is 7. The molecule has 2 fully saturated rings. The Morgan fingerprint density at radius 2 is 2.00 bits per heavy atom. The van der Waals surface area contributed by atoms with Crippen molar-refractivity contribution < 1.29 is 38.1 Å². The van der Waals surface area contributed by atoms with Crippen molar-refractivity contribution in [2.45, 2.75) is 50.9 Å². The van der Waals surface area contributed by atoms with Crippen LogP contribution in [0.4, 0.5) is 8.78 Å². The van der Waals surface area contributed by atoms with Gasteiger partial charge in [0, 0.05) is 31.5 Å². The Morgan fingerprint density at radius 1 is 1.26 bits per heavy atom. The van der Waals surface area contributed by atoms with Gasteiger partial charge in [-0.1, -0.05) is 18.9 Å². The highest BCUT2D eigenvalue weighted by atomic mass is 19.1. The zero-order chi connectivity index (χ0) is 25.4. The minimum absolute atomic E-state index is 0.0472. The number of nitrogens with zero attached hydrogens (tertiary/aromatic N) is 1. The molecular weight excluding hydrogens is 462 g/mol. The van der Waals surface area contributed by atoms with E-state index in [-0.39, 0.29) is 42.3 Å². The van der Waals surface area contributed by atoms with E-state index in [9.17, 15) is 28.6 Å². The van der Waals surface area contributed by atoms with Gasteiger partial charge in [0.2, 0.25) is 0 Å². The number of fused-ring (bicyclic) bond motifs is 2. The molecule has 1 aromatic carbocycles. The van der Waals surface area contributed by atoms with Gasteiger partial charge < -0.3 is 29.9 Å². The molecule has 2 heterocycles. The normalized spacial score (nSPS) is 28.4. The number of benzene rings is 1. The number of allylic oxidation sites excluding steroid dienone is 1. The lowest BCUT2D eigenvalue weighted by Crippen LogP contribution is -2.66. The molecule has 1 saturated heterocycles. The highest BCUT2D eigenvalue weighted by molar-refractivity contribution is 6.04. The molecule has 3 atom stereocenters. The highest BCUT2D eigenvalue weighted by Gasteiger charge is 2.61. The Hall–Kier alpha value is -2.82. The van der Waals surface area contributed by atoms with Crippen molar-refractivity contribution in [3.05, 3.63) is 58.6 Å². The van der Waals surface area contributed by atoms with Crippen molar-refractivity contribution in [1.29, 1.82) is 0 Å². The van der Waals surface area contributed by atoms with Crippen LogP contribution in [0.25, 0.3) is 0 Å². The van der Waals surface area contributed by atoms with E-state index >= 15 is 0 Å². The summed E-state index contributed by atoms with van der Waals surface area (Å²) < 4.78 is 38.5. The number of carbonyl (C=O) groups excluding carboxylic acids is 2. The number of rotatable bonds is 7. The second kappa shape index (κ2) is 9.67. The van der Waals surface area contributed by atoms with Crippen molar-refractivity contribution in [2.75, 3.05) is 26.9 Å². The molecule has 2 aliphatic heterocycles. The van der Waals surface area contributed by atoms with Crippen LogP contribution in [-0.2, 0) is 25.6 Å². The summed E-state index contributed by atoms with van der Waals surface area (Å²) >= 11 is 0. The lowest BCUT2D eigenvalue weighted by Gasteiger charge is -2.56.